The van der Waals surface area contributed by atoms with Crippen LogP contribution in [0.25, 0.3) is 11.1 Å². The van der Waals surface area contributed by atoms with Crippen LogP contribution in [0.3, 0.4) is 0 Å². The molecule has 3 aromatic rings. The molecule has 1 aliphatic heterocycles. The molecule has 0 spiro atoms. The van der Waals surface area contributed by atoms with Gasteiger partial charge in [0, 0.05) is 31.0 Å². The number of morpholine rings is 1. The Morgan fingerprint density at radius 1 is 1.17 bits per heavy atom. The van der Waals surface area contributed by atoms with E-state index in [1.54, 1.807) is 40.0 Å². The van der Waals surface area contributed by atoms with Crippen molar-refractivity contribution < 1.29 is 18.3 Å². The molecule has 1 N–H and O–H groups in total. The van der Waals surface area contributed by atoms with Crippen LogP contribution in [0.4, 0.5) is 20.2 Å². The van der Waals surface area contributed by atoms with E-state index >= 15 is 0 Å². The SMILES string of the molecule is CC#Cc1ncc(-c2cc(NC(=O)c3ccnc(C(C)C)c3F)c(F)cc2C)cc1N1CCOCC1. The van der Waals surface area contributed by atoms with Gasteiger partial charge in [0.15, 0.2) is 5.82 Å². The maximum Gasteiger partial charge on any atom is 0.258 e. The number of amides is 1. The van der Waals surface area contributed by atoms with E-state index in [0.29, 0.717) is 43.1 Å². The Hall–Kier alpha value is -3.83. The number of benzene rings is 1. The van der Waals surface area contributed by atoms with E-state index in [1.165, 1.54) is 18.3 Å². The summed E-state index contributed by atoms with van der Waals surface area (Å²) in [5.74, 6) is 3.69. The fourth-order valence-corrected chi connectivity index (χ4v) is 4.17. The van der Waals surface area contributed by atoms with Crippen molar-refractivity contribution in [1.82, 2.24) is 9.97 Å². The summed E-state index contributed by atoms with van der Waals surface area (Å²) in [5, 5.41) is 2.53. The lowest BCUT2D eigenvalue weighted by Crippen LogP contribution is -2.36. The number of anilines is 2. The van der Waals surface area contributed by atoms with Gasteiger partial charge in [0.25, 0.3) is 5.91 Å². The molecule has 0 bridgehead atoms. The third-order valence-corrected chi connectivity index (χ3v) is 6.04. The van der Waals surface area contributed by atoms with Crippen LogP contribution in [0.5, 0.6) is 0 Å². The van der Waals surface area contributed by atoms with Crippen LogP contribution in [0.15, 0.2) is 36.7 Å². The van der Waals surface area contributed by atoms with Crippen molar-refractivity contribution in [2.45, 2.75) is 33.6 Å². The second-order valence-corrected chi connectivity index (χ2v) is 8.88. The molecule has 3 heterocycles. The standard InChI is InChI=1S/C28H28F2N4O2/c1-5-6-23-25(34-9-11-36-12-10-34)14-19(16-32-23)21-15-24(22(29)13-18(21)4)33-28(35)20-7-8-31-27(17(2)3)26(20)30/h7-8,13-17H,9-12H2,1-4H3,(H,33,35). The van der Waals surface area contributed by atoms with Crippen LogP contribution in [0.1, 0.15) is 54.0 Å². The highest BCUT2D eigenvalue weighted by Crippen LogP contribution is 2.32. The highest BCUT2D eigenvalue weighted by atomic mass is 19.1. The van der Waals surface area contributed by atoms with Crippen LogP contribution < -0.4 is 10.2 Å². The predicted molar refractivity (Wildman–Crippen MR) is 136 cm³/mol. The quantitative estimate of drug-likeness (QED) is 0.491. The molecule has 2 aromatic heterocycles. The number of aromatic nitrogens is 2. The van der Waals surface area contributed by atoms with Crippen molar-refractivity contribution in [3.8, 4) is 23.0 Å². The van der Waals surface area contributed by atoms with E-state index < -0.39 is 17.5 Å². The number of hydrogen-bond acceptors (Lipinski definition) is 5. The molecule has 0 saturated carbocycles. The van der Waals surface area contributed by atoms with Crippen LogP contribution in [0, 0.1) is 30.4 Å². The van der Waals surface area contributed by atoms with Crippen LogP contribution in [0.2, 0.25) is 0 Å². The minimum Gasteiger partial charge on any atom is -0.378 e. The highest BCUT2D eigenvalue weighted by Gasteiger charge is 2.21. The molecule has 0 aliphatic carbocycles. The Labute approximate surface area is 209 Å². The maximum absolute atomic E-state index is 14.9. The number of halogens is 2. The van der Waals surface area contributed by atoms with Gasteiger partial charge >= 0.3 is 0 Å². The Bertz CT molecular complexity index is 1360. The summed E-state index contributed by atoms with van der Waals surface area (Å²) in [6.07, 6.45) is 3.07. The summed E-state index contributed by atoms with van der Waals surface area (Å²) >= 11 is 0. The molecule has 36 heavy (non-hydrogen) atoms. The van der Waals surface area contributed by atoms with E-state index in [0.717, 1.165) is 11.3 Å². The van der Waals surface area contributed by atoms with Gasteiger partial charge in [-0.25, -0.2) is 13.8 Å². The zero-order valence-corrected chi connectivity index (χ0v) is 20.8. The van der Waals surface area contributed by atoms with E-state index in [2.05, 4.69) is 32.0 Å². The lowest BCUT2D eigenvalue weighted by atomic mass is 9.99. The number of aryl methyl sites for hydroxylation is 1. The number of nitrogens with one attached hydrogen (secondary N) is 1. The molecule has 1 fully saturated rings. The van der Waals surface area contributed by atoms with E-state index in [1.807, 2.05) is 6.07 Å². The minimum atomic E-state index is -0.744. The first kappa shape index (κ1) is 25.3. The van der Waals surface area contributed by atoms with Gasteiger partial charge in [-0.1, -0.05) is 19.8 Å². The van der Waals surface area contributed by atoms with Gasteiger partial charge in [-0.15, -0.1) is 0 Å². The van der Waals surface area contributed by atoms with E-state index in [4.69, 9.17) is 4.74 Å². The summed E-state index contributed by atoms with van der Waals surface area (Å²) in [7, 11) is 0. The monoisotopic (exact) mass is 490 g/mol. The van der Waals surface area contributed by atoms with Crippen molar-refractivity contribution in [3.05, 3.63) is 70.8 Å². The molecule has 0 unspecified atom stereocenters. The number of carbonyl (C=O) groups is 1. The number of pyridine rings is 2. The molecular weight excluding hydrogens is 462 g/mol. The first-order valence-electron chi connectivity index (χ1n) is 11.8. The number of nitrogens with zero attached hydrogens (tertiary/aromatic N) is 3. The Morgan fingerprint density at radius 2 is 1.92 bits per heavy atom. The average Bonchev–Trinajstić information content (AvgIpc) is 2.86. The van der Waals surface area contributed by atoms with Gasteiger partial charge in [-0.05, 0) is 61.1 Å². The van der Waals surface area contributed by atoms with Crippen molar-refractivity contribution in [3.63, 3.8) is 0 Å². The Morgan fingerprint density at radius 3 is 2.61 bits per heavy atom. The maximum atomic E-state index is 14.9. The molecule has 1 amide bonds. The molecule has 186 valence electrons. The third-order valence-electron chi connectivity index (χ3n) is 6.04. The second-order valence-electron chi connectivity index (χ2n) is 8.88. The van der Waals surface area contributed by atoms with Gasteiger partial charge in [-0.3, -0.25) is 9.78 Å². The van der Waals surface area contributed by atoms with Gasteiger partial charge in [0.05, 0.1) is 35.8 Å². The predicted octanol–water partition coefficient (Wildman–Crippen LogP) is 5.31. The fourth-order valence-electron chi connectivity index (χ4n) is 4.17. The van der Waals surface area contributed by atoms with Crippen molar-refractivity contribution in [1.29, 1.82) is 0 Å². The van der Waals surface area contributed by atoms with Crippen LogP contribution in [-0.2, 0) is 4.74 Å². The Kier molecular flexibility index (Phi) is 7.61. The number of hydrogen-bond donors (Lipinski definition) is 1. The van der Waals surface area contributed by atoms with Crippen LogP contribution >= 0.6 is 0 Å². The molecule has 8 heteroatoms. The normalized spacial score (nSPS) is 13.4. The molecular formula is C28H28F2N4O2. The molecule has 0 radical (unpaired) electrons. The summed E-state index contributed by atoms with van der Waals surface area (Å²) in [6.45, 7) is 9.76. The van der Waals surface area contributed by atoms with E-state index in [-0.39, 0.29) is 22.9 Å². The molecule has 1 saturated heterocycles. The lowest BCUT2D eigenvalue weighted by molar-refractivity contribution is 0.102. The minimum absolute atomic E-state index is 0.0479. The molecule has 1 aromatic carbocycles. The highest BCUT2D eigenvalue weighted by molar-refractivity contribution is 6.05. The Balaban J connectivity index is 1.71. The number of carbonyl (C=O) groups excluding carboxylic acids is 1. The van der Waals surface area contributed by atoms with Gasteiger partial charge in [0.1, 0.15) is 11.5 Å². The smallest absolute Gasteiger partial charge is 0.258 e. The molecule has 0 atom stereocenters. The first-order chi connectivity index (χ1) is 17.3. The van der Waals surface area contributed by atoms with Gasteiger partial charge in [0.2, 0.25) is 0 Å². The van der Waals surface area contributed by atoms with Gasteiger partial charge < -0.3 is 15.0 Å². The number of rotatable bonds is 5. The van der Waals surface area contributed by atoms with Crippen LogP contribution in [-0.4, -0.2) is 42.2 Å². The summed E-state index contributed by atoms with van der Waals surface area (Å²) in [6, 6.07) is 6.16. The summed E-state index contributed by atoms with van der Waals surface area (Å²) in [4.78, 5) is 23.6. The second kappa shape index (κ2) is 10.8. The largest absolute Gasteiger partial charge is 0.378 e. The molecule has 6 nitrogen and oxygen atoms in total. The summed E-state index contributed by atoms with van der Waals surface area (Å²) in [5.41, 5.74) is 3.61. The summed E-state index contributed by atoms with van der Waals surface area (Å²) < 4.78 is 35.2. The molecule has 4 rings (SSSR count). The third kappa shape index (κ3) is 5.21. The number of ether oxygens (including phenoxy) is 1. The topological polar surface area (TPSA) is 67.4 Å². The van der Waals surface area contributed by atoms with Crippen molar-refractivity contribution in [2.24, 2.45) is 0 Å². The first-order valence-corrected chi connectivity index (χ1v) is 11.8. The average molecular weight is 491 g/mol. The van der Waals surface area contributed by atoms with Crippen molar-refractivity contribution >= 4 is 17.3 Å². The van der Waals surface area contributed by atoms with Crippen molar-refractivity contribution in [2.75, 3.05) is 36.5 Å². The fraction of sp³-hybridized carbons (Fsp3) is 0.321. The molecule has 1 aliphatic rings. The van der Waals surface area contributed by atoms with E-state index in [9.17, 15) is 13.6 Å². The lowest BCUT2D eigenvalue weighted by Gasteiger charge is -2.29. The zero-order valence-electron chi connectivity index (χ0n) is 20.8. The zero-order chi connectivity index (χ0) is 25.8. The van der Waals surface area contributed by atoms with Gasteiger partial charge in [-0.2, -0.15) is 0 Å².